The van der Waals surface area contributed by atoms with Gasteiger partial charge in [-0.3, -0.25) is 9.69 Å². The predicted molar refractivity (Wildman–Crippen MR) is 136 cm³/mol. The number of halogens is 2. The van der Waals surface area contributed by atoms with Crippen LogP contribution < -0.4 is 5.32 Å². The number of nitrogens with one attached hydrogen (secondary N) is 1. The third-order valence-corrected chi connectivity index (χ3v) is 7.85. The van der Waals surface area contributed by atoms with Crippen LogP contribution >= 0.6 is 22.7 Å². The van der Waals surface area contributed by atoms with Gasteiger partial charge < -0.3 is 10.4 Å². The second kappa shape index (κ2) is 12.4. The number of aryl methyl sites for hydroxylation is 2. The fourth-order valence-electron chi connectivity index (χ4n) is 3.79. The van der Waals surface area contributed by atoms with Crippen molar-refractivity contribution in [1.29, 1.82) is 0 Å². The van der Waals surface area contributed by atoms with Gasteiger partial charge in [-0.05, 0) is 73.8 Å². The summed E-state index contributed by atoms with van der Waals surface area (Å²) in [7, 11) is 1.85. The van der Waals surface area contributed by atoms with Gasteiger partial charge in [-0.2, -0.15) is 0 Å². The molecule has 3 aromatic rings. The van der Waals surface area contributed by atoms with Gasteiger partial charge in [0.2, 0.25) is 5.91 Å². The Morgan fingerprint density at radius 1 is 1.12 bits per heavy atom. The summed E-state index contributed by atoms with van der Waals surface area (Å²) in [6.07, 6.45) is 3.21. The monoisotopic (exact) mass is 504 g/mol. The van der Waals surface area contributed by atoms with Gasteiger partial charge in [-0.15, -0.1) is 22.7 Å². The minimum absolute atomic E-state index is 0.0416. The van der Waals surface area contributed by atoms with Crippen molar-refractivity contribution in [2.75, 3.05) is 20.2 Å². The zero-order chi connectivity index (χ0) is 24.7. The largest absolute Gasteiger partial charge is 0.396 e. The minimum atomic E-state index is -0.697. The Hall–Kier alpha value is -2.39. The number of benzene rings is 1. The molecule has 34 heavy (non-hydrogen) atoms. The van der Waals surface area contributed by atoms with E-state index in [1.165, 1.54) is 32.5 Å². The molecule has 1 aromatic carbocycles. The second-order valence-electron chi connectivity index (χ2n) is 8.23. The normalized spacial score (nSPS) is 12.1. The standard InChI is InChI=1S/C26H30F2N2O2S2/c1-17-9-13-33-24(17)21(25-18(2)10-14-34-25)5-4-11-30(3)23(8-12-31)26(32)29-16-19-6-7-20(27)15-22(19)28/h5-7,9-10,13-15,23,31H,4,8,11-12,16H2,1-3H3,(H,29,32). The van der Waals surface area contributed by atoms with E-state index in [-0.39, 0.29) is 31.0 Å². The first-order valence-corrected chi connectivity index (χ1v) is 12.9. The van der Waals surface area contributed by atoms with Gasteiger partial charge in [0.05, 0.1) is 6.04 Å². The van der Waals surface area contributed by atoms with Gasteiger partial charge in [0.15, 0.2) is 0 Å². The highest BCUT2D eigenvalue weighted by Crippen LogP contribution is 2.35. The van der Waals surface area contributed by atoms with Crippen LogP contribution in [0.4, 0.5) is 8.78 Å². The molecular weight excluding hydrogens is 474 g/mol. The summed E-state index contributed by atoms with van der Waals surface area (Å²) in [6.45, 7) is 4.65. The Bertz CT molecular complexity index is 1100. The molecule has 0 aliphatic carbocycles. The topological polar surface area (TPSA) is 52.6 Å². The fraction of sp³-hybridized carbons (Fsp3) is 0.346. The smallest absolute Gasteiger partial charge is 0.237 e. The maximum atomic E-state index is 13.9. The predicted octanol–water partition coefficient (Wildman–Crippen LogP) is 5.53. The molecule has 2 N–H and O–H groups in total. The van der Waals surface area contributed by atoms with Crippen LogP contribution in [0.1, 0.15) is 39.3 Å². The average Bonchev–Trinajstić information content (AvgIpc) is 3.42. The molecule has 0 saturated carbocycles. The molecule has 1 atom stereocenters. The number of nitrogens with zero attached hydrogens (tertiary/aromatic N) is 1. The van der Waals surface area contributed by atoms with Crippen LogP contribution in [0.5, 0.6) is 0 Å². The summed E-state index contributed by atoms with van der Waals surface area (Å²) in [6, 6.07) is 6.96. The number of carbonyl (C=O) groups excluding carboxylic acids is 1. The first-order chi connectivity index (χ1) is 16.3. The van der Waals surface area contributed by atoms with E-state index in [2.05, 4.69) is 48.1 Å². The lowest BCUT2D eigenvalue weighted by Gasteiger charge is -2.26. The van der Waals surface area contributed by atoms with E-state index in [4.69, 9.17) is 0 Å². The van der Waals surface area contributed by atoms with Gasteiger partial charge in [0.1, 0.15) is 11.6 Å². The first-order valence-electron chi connectivity index (χ1n) is 11.1. The molecule has 2 aromatic heterocycles. The number of hydrogen-bond donors (Lipinski definition) is 2. The molecule has 1 amide bonds. The van der Waals surface area contributed by atoms with Crippen molar-refractivity contribution in [3.05, 3.63) is 85.2 Å². The van der Waals surface area contributed by atoms with E-state index in [0.29, 0.717) is 6.54 Å². The van der Waals surface area contributed by atoms with E-state index in [9.17, 15) is 18.7 Å². The molecule has 2 heterocycles. The molecule has 4 nitrogen and oxygen atoms in total. The number of rotatable bonds is 11. The van der Waals surface area contributed by atoms with Gasteiger partial charge in [0, 0.05) is 46.7 Å². The summed E-state index contributed by atoms with van der Waals surface area (Å²) < 4.78 is 27.0. The van der Waals surface area contributed by atoms with Crippen molar-refractivity contribution < 1.29 is 18.7 Å². The Balaban J connectivity index is 1.67. The SMILES string of the molecule is Cc1ccsc1C(=CCCN(C)C(CCO)C(=O)NCc1ccc(F)cc1F)c1sccc1C. The molecule has 0 fully saturated rings. The zero-order valence-corrected chi connectivity index (χ0v) is 21.2. The molecule has 0 bridgehead atoms. The van der Waals surface area contributed by atoms with Crippen molar-refractivity contribution >= 4 is 34.2 Å². The molecule has 0 aliphatic heterocycles. The van der Waals surface area contributed by atoms with Crippen LogP contribution in [-0.4, -0.2) is 42.2 Å². The molecule has 1 unspecified atom stereocenters. The maximum absolute atomic E-state index is 13.9. The summed E-state index contributed by atoms with van der Waals surface area (Å²) in [5.41, 5.74) is 3.90. The van der Waals surface area contributed by atoms with Crippen molar-refractivity contribution in [3.63, 3.8) is 0 Å². The third-order valence-electron chi connectivity index (χ3n) is 5.75. The van der Waals surface area contributed by atoms with E-state index in [1.54, 1.807) is 22.7 Å². The van der Waals surface area contributed by atoms with Crippen molar-refractivity contribution in [2.45, 2.75) is 39.3 Å². The maximum Gasteiger partial charge on any atom is 0.237 e. The Kier molecular flexibility index (Phi) is 9.53. The second-order valence-corrected chi connectivity index (χ2v) is 10.1. The van der Waals surface area contributed by atoms with Crippen molar-refractivity contribution in [2.24, 2.45) is 0 Å². The number of thiophene rings is 2. The van der Waals surface area contributed by atoms with Gasteiger partial charge in [0.25, 0.3) is 0 Å². The van der Waals surface area contributed by atoms with Gasteiger partial charge >= 0.3 is 0 Å². The number of aliphatic hydroxyl groups is 1. The first kappa shape index (κ1) is 26.2. The number of likely N-dealkylation sites (N-methyl/N-ethyl adjacent to an activating group) is 1. The zero-order valence-electron chi connectivity index (χ0n) is 19.6. The van der Waals surface area contributed by atoms with E-state index >= 15 is 0 Å². The summed E-state index contributed by atoms with van der Waals surface area (Å²) in [5.74, 6) is -1.65. The number of hydrogen-bond acceptors (Lipinski definition) is 5. The lowest BCUT2D eigenvalue weighted by molar-refractivity contribution is -0.126. The quantitative estimate of drug-likeness (QED) is 0.361. The van der Waals surface area contributed by atoms with E-state index in [0.717, 1.165) is 18.6 Å². The molecule has 0 radical (unpaired) electrons. The lowest BCUT2D eigenvalue weighted by atomic mass is 10.0. The van der Waals surface area contributed by atoms with Crippen LogP contribution in [0.2, 0.25) is 0 Å². The van der Waals surface area contributed by atoms with Crippen molar-refractivity contribution in [1.82, 2.24) is 10.2 Å². The lowest BCUT2D eigenvalue weighted by Crippen LogP contribution is -2.45. The average molecular weight is 505 g/mol. The van der Waals surface area contributed by atoms with Crippen LogP contribution in [0.15, 0.2) is 47.2 Å². The Morgan fingerprint density at radius 2 is 1.76 bits per heavy atom. The van der Waals surface area contributed by atoms with E-state index < -0.39 is 17.7 Å². The molecule has 182 valence electrons. The van der Waals surface area contributed by atoms with Crippen LogP contribution in [0.25, 0.3) is 5.57 Å². The summed E-state index contributed by atoms with van der Waals surface area (Å²) in [5, 5.41) is 16.4. The summed E-state index contributed by atoms with van der Waals surface area (Å²) >= 11 is 3.45. The Morgan fingerprint density at radius 3 is 2.29 bits per heavy atom. The van der Waals surface area contributed by atoms with Crippen LogP contribution in [0, 0.1) is 25.5 Å². The highest BCUT2D eigenvalue weighted by atomic mass is 32.1. The highest BCUT2D eigenvalue weighted by molar-refractivity contribution is 7.14. The van der Waals surface area contributed by atoms with E-state index in [1.807, 2.05) is 11.9 Å². The molecule has 0 saturated heterocycles. The molecule has 8 heteroatoms. The van der Waals surface area contributed by atoms with Gasteiger partial charge in [-0.25, -0.2) is 8.78 Å². The number of amides is 1. The fourth-order valence-corrected chi connectivity index (χ4v) is 5.81. The van der Waals surface area contributed by atoms with Crippen molar-refractivity contribution in [3.8, 4) is 0 Å². The molecule has 3 rings (SSSR count). The number of aliphatic hydroxyl groups excluding tert-OH is 1. The minimum Gasteiger partial charge on any atom is -0.396 e. The molecule has 0 aliphatic rings. The summed E-state index contributed by atoms with van der Waals surface area (Å²) in [4.78, 5) is 17.2. The highest BCUT2D eigenvalue weighted by Gasteiger charge is 2.23. The number of carbonyl (C=O) groups is 1. The Labute approximate surface area is 207 Å². The third kappa shape index (κ3) is 6.60. The van der Waals surface area contributed by atoms with Crippen LogP contribution in [0.3, 0.4) is 0 Å². The molecule has 0 spiro atoms. The van der Waals surface area contributed by atoms with Gasteiger partial charge in [-0.1, -0.05) is 12.1 Å². The molecular formula is C26H30F2N2O2S2. The van der Waals surface area contributed by atoms with Crippen LogP contribution in [-0.2, 0) is 11.3 Å².